The fourth-order valence-corrected chi connectivity index (χ4v) is 3.22. The highest BCUT2D eigenvalue weighted by Crippen LogP contribution is 2.31. The minimum atomic E-state index is -0.172. The lowest BCUT2D eigenvalue weighted by molar-refractivity contribution is 0.205. The molecule has 2 aromatic carbocycles. The quantitative estimate of drug-likeness (QED) is 0.653. The summed E-state index contributed by atoms with van der Waals surface area (Å²) in [7, 11) is 0. The van der Waals surface area contributed by atoms with Crippen LogP contribution >= 0.6 is 23.2 Å². The first kappa shape index (κ1) is 16.9. The fraction of sp³-hybridized carbons (Fsp3) is 0.158. The topological polar surface area (TPSA) is 58.4 Å². The van der Waals surface area contributed by atoms with Crippen molar-refractivity contribution in [3.05, 3.63) is 69.8 Å². The van der Waals surface area contributed by atoms with Gasteiger partial charge in [0.05, 0.1) is 6.54 Å². The maximum Gasteiger partial charge on any atom is 0.322 e. The van der Waals surface area contributed by atoms with E-state index in [9.17, 15) is 4.79 Å². The molecule has 2 amide bonds. The summed E-state index contributed by atoms with van der Waals surface area (Å²) < 4.78 is 5.54. The summed E-state index contributed by atoms with van der Waals surface area (Å²) in [5.74, 6) is 0.745. The van der Waals surface area contributed by atoms with Gasteiger partial charge < -0.3 is 14.7 Å². The summed E-state index contributed by atoms with van der Waals surface area (Å²) in [4.78, 5) is 14.2. The van der Waals surface area contributed by atoms with Gasteiger partial charge in [0.25, 0.3) is 0 Å². The second kappa shape index (κ2) is 7.02. The number of fused-ring (bicyclic) bond motifs is 1. The Kier molecular flexibility index (Phi) is 4.57. The molecule has 1 aliphatic heterocycles. The molecule has 1 aromatic heterocycles. The second-order valence-corrected chi connectivity index (χ2v) is 6.93. The number of carbonyl (C=O) groups excluding carboxylic acids is 1. The van der Waals surface area contributed by atoms with Crippen LogP contribution in [0, 0.1) is 0 Å². The maximum atomic E-state index is 12.5. The number of aromatic nitrogens is 1. The van der Waals surface area contributed by atoms with E-state index in [1.807, 2.05) is 24.3 Å². The molecule has 0 aliphatic carbocycles. The van der Waals surface area contributed by atoms with Gasteiger partial charge in [0, 0.05) is 33.4 Å². The van der Waals surface area contributed by atoms with Crippen LogP contribution in [0.4, 0.5) is 10.5 Å². The van der Waals surface area contributed by atoms with Gasteiger partial charge in [-0.2, -0.15) is 0 Å². The largest absolute Gasteiger partial charge is 0.356 e. The summed E-state index contributed by atoms with van der Waals surface area (Å²) >= 11 is 11.8. The molecule has 0 atom stereocenters. The van der Waals surface area contributed by atoms with Crippen molar-refractivity contribution in [1.29, 1.82) is 0 Å². The number of carbonyl (C=O) groups is 1. The van der Waals surface area contributed by atoms with Gasteiger partial charge in [-0.15, -0.1) is 0 Å². The van der Waals surface area contributed by atoms with Crippen LogP contribution in [-0.2, 0) is 13.0 Å². The van der Waals surface area contributed by atoms with Crippen molar-refractivity contribution >= 4 is 34.9 Å². The van der Waals surface area contributed by atoms with Gasteiger partial charge in [0.15, 0.2) is 5.76 Å². The Balaban J connectivity index is 1.49. The Morgan fingerprint density at radius 2 is 1.69 bits per heavy atom. The first-order valence-electron chi connectivity index (χ1n) is 8.15. The highest BCUT2D eigenvalue weighted by atomic mass is 35.5. The number of nitrogens with one attached hydrogen (secondary N) is 1. The predicted molar refractivity (Wildman–Crippen MR) is 102 cm³/mol. The predicted octanol–water partition coefficient (Wildman–Crippen LogP) is 5.24. The van der Waals surface area contributed by atoms with Crippen LogP contribution in [0.25, 0.3) is 11.3 Å². The molecule has 0 fully saturated rings. The Morgan fingerprint density at radius 1 is 1.04 bits per heavy atom. The number of benzene rings is 2. The fourth-order valence-electron chi connectivity index (χ4n) is 2.97. The van der Waals surface area contributed by atoms with Gasteiger partial charge in [0.1, 0.15) is 5.69 Å². The summed E-state index contributed by atoms with van der Waals surface area (Å²) in [6.07, 6.45) is 0.685. The number of amides is 2. The van der Waals surface area contributed by atoms with Gasteiger partial charge in [-0.25, -0.2) is 4.79 Å². The van der Waals surface area contributed by atoms with Crippen LogP contribution in [-0.4, -0.2) is 22.6 Å². The minimum absolute atomic E-state index is 0.172. The molecule has 1 N–H and O–H groups in total. The molecule has 0 spiro atoms. The highest BCUT2D eigenvalue weighted by Gasteiger charge is 2.27. The number of anilines is 1. The number of urea groups is 1. The zero-order valence-corrected chi connectivity index (χ0v) is 15.2. The van der Waals surface area contributed by atoms with Crippen LogP contribution in [0.5, 0.6) is 0 Å². The molecule has 7 heteroatoms. The van der Waals surface area contributed by atoms with E-state index in [4.69, 9.17) is 27.7 Å². The van der Waals surface area contributed by atoms with Gasteiger partial charge in [-0.1, -0.05) is 28.4 Å². The Bertz CT molecular complexity index is 936. The molecule has 0 saturated heterocycles. The Morgan fingerprint density at radius 3 is 2.38 bits per heavy atom. The standard InChI is InChI=1S/C19H15Cl2N3O2/c20-13-3-1-12(2-4-13)18-16-9-10-24(11-17(16)23-26-18)19(25)22-15-7-5-14(21)6-8-15/h1-8H,9-11H2,(H,22,25). The molecule has 1 aliphatic rings. The van der Waals surface area contributed by atoms with Crippen LogP contribution in [0.2, 0.25) is 10.0 Å². The van der Waals surface area contributed by atoms with Crippen molar-refractivity contribution in [2.75, 3.05) is 11.9 Å². The molecule has 132 valence electrons. The van der Waals surface area contributed by atoms with Gasteiger partial charge in [-0.3, -0.25) is 0 Å². The van der Waals surface area contributed by atoms with Crippen molar-refractivity contribution in [3.63, 3.8) is 0 Å². The number of hydrogen-bond donors (Lipinski definition) is 1. The van der Waals surface area contributed by atoms with Crippen LogP contribution in [0.1, 0.15) is 11.3 Å². The summed E-state index contributed by atoms with van der Waals surface area (Å²) in [6, 6.07) is 14.3. The van der Waals surface area contributed by atoms with E-state index in [2.05, 4.69) is 10.5 Å². The minimum Gasteiger partial charge on any atom is -0.356 e. The molecular formula is C19H15Cl2N3O2. The summed E-state index contributed by atoms with van der Waals surface area (Å²) in [5, 5.41) is 8.33. The average molecular weight is 388 g/mol. The van der Waals surface area contributed by atoms with Gasteiger partial charge >= 0.3 is 6.03 Å². The monoisotopic (exact) mass is 387 g/mol. The normalized spacial score (nSPS) is 13.4. The summed E-state index contributed by atoms with van der Waals surface area (Å²) in [6.45, 7) is 1.00. The molecule has 0 unspecified atom stereocenters. The lowest BCUT2D eigenvalue weighted by atomic mass is 10.0. The van der Waals surface area contributed by atoms with Crippen molar-refractivity contribution in [3.8, 4) is 11.3 Å². The van der Waals surface area contributed by atoms with Crippen LogP contribution in [0.3, 0.4) is 0 Å². The number of nitrogens with zero attached hydrogens (tertiary/aromatic N) is 2. The summed E-state index contributed by atoms with van der Waals surface area (Å²) in [5.41, 5.74) is 3.46. The highest BCUT2D eigenvalue weighted by molar-refractivity contribution is 6.30. The first-order chi connectivity index (χ1) is 12.6. The SMILES string of the molecule is O=C(Nc1ccc(Cl)cc1)N1CCc2c(noc2-c2ccc(Cl)cc2)C1. The van der Waals surface area contributed by atoms with Crippen molar-refractivity contribution in [2.24, 2.45) is 0 Å². The maximum absolute atomic E-state index is 12.5. The van der Waals surface area contributed by atoms with E-state index < -0.39 is 0 Å². The van der Waals surface area contributed by atoms with E-state index in [1.54, 1.807) is 29.2 Å². The lowest BCUT2D eigenvalue weighted by Gasteiger charge is -2.26. The van der Waals surface area contributed by atoms with E-state index in [0.29, 0.717) is 35.2 Å². The molecule has 0 radical (unpaired) electrons. The number of hydrogen-bond acceptors (Lipinski definition) is 3. The average Bonchev–Trinajstić information content (AvgIpc) is 3.07. The number of rotatable bonds is 2. The van der Waals surface area contributed by atoms with E-state index in [1.165, 1.54) is 0 Å². The molecule has 4 rings (SSSR count). The smallest absolute Gasteiger partial charge is 0.322 e. The third-order valence-corrected chi connectivity index (χ3v) is 4.83. The van der Waals surface area contributed by atoms with Gasteiger partial charge in [-0.05, 0) is 55.0 Å². The third-order valence-electron chi connectivity index (χ3n) is 4.33. The van der Waals surface area contributed by atoms with Crippen LogP contribution in [0.15, 0.2) is 53.1 Å². The molecule has 0 saturated carbocycles. The molecule has 0 bridgehead atoms. The van der Waals surface area contributed by atoms with E-state index in [-0.39, 0.29) is 6.03 Å². The molecule has 26 heavy (non-hydrogen) atoms. The zero-order valence-electron chi connectivity index (χ0n) is 13.7. The third kappa shape index (κ3) is 3.41. The van der Waals surface area contributed by atoms with E-state index in [0.717, 1.165) is 22.6 Å². The first-order valence-corrected chi connectivity index (χ1v) is 8.90. The second-order valence-electron chi connectivity index (χ2n) is 6.05. The Labute approximate surface area is 160 Å². The molecular weight excluding hydrogens is 373 g/mol. The van der Waals surface area contributed by atoms with Crippen molar-refractivity contribution in [2.45, 2.75) is 13.0 Å². The number of halogens is 2. The molecule has 3 aromatic rings. The van der Waals surface area contributed by atoms with Gasteiger partial charge in [0.2, 0.25) is 0 Å². The van der Waals surface area contributed by atoms with Crippen molar-refractivity contribution in [1.82, 2.24) is 10.1 Å². The van der Waals surface area contributed by atoms with Crippen molar-refractivity contribution < 1.29 is 9.32 Å². The Hall–Kier alpha value is -2.50. The molecule has 5 nitrogen and oxygen atoms in total. The zero-order chi connectivity index (χ0) is 18.1. The van der Waals surface area contributed by atoms with E-state index >= 15 is 0 Å². The van der Waals surface area contributed by atoms with Crippen LogP contribution < -0.4 is 5.32 Å². The lowest BCUT2D eigenvalue weighted by Crippen LogP contribution is -2.38. The molecule has 2 heterocycles.